The van der Waals surface area contributed by atoms with Crippen LogP contribution in [0.4, 0.5) is 35.5 Å². The van der Waals surface area contributed by atoms with Crippen LogP contribution < -0.4 is 5.32 Å². The van der Waals surface area contributed by atoms with Crippen molar-refractivity contribution in [3.8, 4) is 0 Å². The number of urea groups is 1. The van der Waals surface area contributed by atoms with Crippen molar-refractivity contribution in [1.82, 2.24) is 10.2 Å². The van der Waals surface area contributed by atoms with Crippen LogP contribution >= 0.6 is 11.6 Å². The third-order valence-electron chi connectivity index (χ3n) is 6.81. The zero-order chi connectivity index (χ0) is 26.7. The molecular formula is C23H21ClF7N3O2. The average Bonchev–Trinajstić information content (AvgIpc) is 3.24. The molecule has 2 amide bonds. The number of rotatable bonds is 3. The van der Waals surface area contributed by atoms with Crippen molar-refractivity contribution >= 4 is 23.3 Å². The molecule has 5 nitrogen and oxygen atoms in total. The van der Waals surface area contributed by atoms with Crippen molar-refractivity contribution < 1.29 is 40.4 Å². The van der Waals surface area contributed by atoms with Gasteiger partial charge in [0.15, 0.2) is 5.67 Å². The Morgan fingerprint density at radius 3 is 2.31 bits per heavy atom. The Kier molecular flexibility index (Phi) is 6.34. The number of carbonyl (C=O) groups excluding carboxylic acids is 1. The summed E-state index contributed by atoms with van der Waals surface area (Å²) >= 11 is 5.80. The summed E-state index contributed by atoms with van der Waals surface area (Å²) in [5.41, 5.74) is -5.37. The molecule has 3 atom stereocenters. The van der Waals surface area contributed by atoms with E-state index >= 15 is 4.39 Å². The summed E-state index contributed by atoms with van der Waals surface area (Å²) in [4.78, 5) is 17.7. The molecule has 3 unspecified atom stereocenters. The number of amides is 2. The Balaban J connectivity index is 1.58. The van der Waals surface area contributed by atoms with Gasteiger partial charge in [-0.3, -0.25) is 0 Å². The molecule has 2 aliphatic heterocycles. The van der Waals surface area contributed by atoms with Gasteiger partial charge in [0, 0.05) is 18.5 Å². The number of hydrogen-bond acceptors (Lipinski definition) is 3. The Hall–Kier alpha value is -2.76. The predicted molar refractivity (Wildman–Crippen MR) is 117 cm³/mol. The third-order valence-corrected chi connectivity index (χ3v) is 7.05. The number of likely N-dealkylation sites (tertiary alicyclic amines) is 1. The summed E-state index contributed by atoms with van der Waals surface area (Å²) in [6.45, 7) is 0.663. The molecule has 0 spiro atoms. The van der Waals surface area contributed by atoms with E-state index in [-0.39, 0.29) is 29.9 Å². The highest BCUT2D eigenvalue weighted by Gasteiger charge is 2.65. The molecule has 2 heterocycles. The Morgan fingerprint density at radius 2 is 1.78 bits per heavy atom. The number of nitrogens with zero attached hydrogens (tertiary/aromatic N) is 2. The first kappa shape index (κ1) is 26.3. The van der Waals surface area contributed by atoms with Crippen LogP contribution in [-0.2, 0) is 10.5 Å². The van der Waals surface area contributed by atoms with Crippen molar-refractivity contribution in [3.63, 3.8) is 0 Å². The van der Waals surface area contributed by atoms with E-state index in [1.54, 1.807) is 0 Å². The predicted octanol–water partition coefficient (Wildman–Crippen LogP) is 5.81. The van der Waals surface area contributed by atoms with Crippen LogP contribution in [0.2, 0.25) is 0 Å². The smallest absolute Gasteiger partial charge is 0.374 e. The summed E-state index contributed by atoms with van der Waals surface area (Å²) in [6.07, 6.45) is -9.28. The molecule has 3 aliphatic rings. The molecule has 196 valence electrons. The highest BCUT2D eigenvalue weighted by molar-refractivity contribution is 6.31. The first-order chi connectivity index (χ1) is 16.6. The number of allylic oxidation sites excluding steroid dienone is 3. The lowest BCUT2D eigenvalue weighted by Gasteiger charge is -2.44. The number of carbonyl (C=O) groups is 1. The first-order valence-corrected chi connectivity index (χ1v) is 11.2. The molecule has 0 bridgehead atoms. The average molecular weight is 540 g/mol. The van der Waals surface area contributed by atoms with Gasteiger partial charge in [0.05, 0.1) is 24.7 Å². The lowest BCUT2D eigenvalue weighted by Crippen LogP contribution is -2.60. The lowest BCUT2D eigenvalue weighted by molar-refractivity contribution is -0.258. The summed E-state index contributed by atoms with van der Waals surface area (Å²) in [5, 5.41) is 5.49. The first-order valence-electron chi connectivity index (χ1n) is 10.9. The van der Waals surface area contributed by atoms with E-state index in [4.69, 9.17) is 16.4 Å². The second-order valence-electron chi connectivity index (χ2n) is 9.09. The Labute approximate surface area is 206 Å². The Bertz CT molecular complexity index is 1140. The molecule has 1 N–H and O–H groups in total. The van der Waals surface area contributed by atoms with E-state index in [9.17, 15) is 31.1 Å². The molecule has 36 heavy (non-hydrogen) atoms. The summed E-state index contributed by atoms with van der Waals surface area (Å²) in [5.74, 6) is -3.84. The molecule has 4 rings (SSSR count). The van der Waals surface area contributed by atoms with E-state index in [2.05, 4.69) is 10.5 Å². The van der Waals surface area contributed by atoms with Gasteiger partial charge in [-0.15, -0.1) is 0 Å². The van der Waals surface area contributed by atoms with Gasteiger partial charge in [0.25, 0.3) is 5.60 Å². The van der Waals surface area contributed by atoms with Crippen LogP contribution in [0, 0.1) is 11.8 Å². The summed E-state index contributed by atoms with van der Waals surface area (Å²) < 4.78 is 98.7. The second kappa shape index (κ2) is 8.67. The largest absolute Gasteiger partial charge is 0.435 e. The van der Waals surface area contributed by atoms with E-state index in [0.717, 1.165) is 13.0 Å². The minimum Gasteiger partial charge on any atom is -0.374 e. The number of alkyl halides is 7. The number of benzene rings is 1. The van der Waals surface area contributed by atoms with Crippen LogP contribution in [0.5, 0.6) is 0 Å². The van der Waals surface area contributed by atoms with Crippen molar-refractivity contribution in [3.05, 3.63) is 58.1 Å². The van der Waals surface area contributed by atoms with E-state index in [0.29, 0.717) is 6.08 Å². The van der Waals surface area contributed by atoms with Crippen LogP contribution in [0.3, 0.4) is 0 Å². The molecule has 1 aromatic carbocycles. The zero-order valence-corrected chi connectivity index (χ0v) is 19.7. The molecular weight excluding hydrogens is 519 g/mol. The minimum absolute atomic E-state index is 0.158. The van der Waals surface area contributed by atoms with E-state index in [1.165, 1.54) is 36.2 Å². The Morgan fingerprint density at radius 1 is 1.17 bits per heavy atom. The highest BCUT2D eigenvalue weighted by atomic mass is 35.5. The van der Waals surface area contributed by atoms with Crippen molar-refractivity contribution in [2.45, 2.75) is 37.0 Å². The molecule has 1 saturated heterocycles. The molecule has 0 aromatic heterocycles. The minimum atomic E-state index is -5.11. The molecule has 0 radical (unpaired) electrons. The monoisotopic (exact) mass is 539 g/mol. The van der Waals surface area contributed by atoms with Gasteiger partial charge in [0.1, 0.15) is 0 Å². The van der Waals surface area contributed by atoms with Gasteiger partial charge < -0.3 is 15.1 Å². The summed E-state index contributed by atoms with van der Waals surface area (Å²) in [7, 11) is 1.42. The van der Waals surface area contributed by atoms with Gasteiger partial charge in [0.2, 0.25) is 0 Å². The number of oxime groups is 1. The maximum absolute atomic E-state index is 15.1. The summed E-state index contributed by atoms with van der Waals surface area (Å²) in [6, 6.07) is 5.02. The highest BCUT2D eigenvalue weighted by Crippen LogP contribution is 2.53. The maximum Gasteiger partial charge on any atom is 0.435 e. The third kappa shape index (κ3) is 4.33. The molecule has 0 saturated carbocycles. The van der Waals surface area contributed by atoms with Crippen LogP contribution in [-0.4, -0.2) is 54.7 Å². The number of halogens is 8. The molecule has 1 fully saturated rings. The topological polar surface area (TPSA) is 53.9 Å². The van der Waals surface area contributed by atoms with E-state index < -0.39 is 58.5 Å². The maximum atomic E-state index is 15.1. The standard InChI is InChI=1S/C23H21ClF7N3O2/c1-12-16(7-15(24)8-17(12)22(26,27)28)21(23(29,30)31)9-18(33-36-21)13-3-5-14(6-4-13)20(25)10-34(11-20)19(35)32-2/h3-8,12,17H,9-11H2,1-2H3,(H,32,35). The van der Waals surface area contributed by atoms with Crippen LogP contribution in [0.15, 0.2) is 52.2 Å². The van der Waals surface area contributed by atoms with Crippen LogP contribution in [0.1, 0.15) is 24.5 Å². The quantitative estimate of drug-likeness (QED) is 0.493. The zero-order valence-electron chi connectivity index (χ0n) is 19.0. The van der Waals surface area contributed by atoms with Gasteiger partial charge in [-0.2, -0.15) is 26.3 Å². The van der Waals surface area contributed by atoms with Crippen molar-refractivity contribution in [2.24, 2.45) is 17.0 Å². The molecule has 13 heteroatoms. The fourth-order valence-electron chi connectivity index (χ4n) is 4.76. The van der Waals surface area contributed by atoms with Crippen molar-refractivity contribution in [1.29, 1.82) is 0 Å². The molecule has 1 aliphatic carbocycles. The molecule has 1 aromatic rings. The van der Waals surface area contributed by atoms with Crippen molar-refractivity contribution in [2.75, 3.05) is 20.1 Å². The lowest BCUT2D eigenvalue weighted by atomic mass is 9.73. The van der Waals surface area contributed by atoms with Gasteiger partial charge >= 0.3 is 18.4 Å². The van der Waals surface area contributed by atoms with Gasteiger partial charge in [-0.1, -0.05) is 54.0 Å². The van der Waals surface area contributed by atoms with Gasteiger partial charge in [-0.05, 0) is 28.7 Å². The van der Waals surface area contributed by atoms with E-state index in [1.807, 2.05) is 0 Å². The normalized spacial score (nSPS) is 27.9. The fourth-order valence-corrected chi connectivity index (χ4v) is 5.02. The number of hydrogen-bond donors (Lipinski definition) is 1. The fraction of sp³-hybridized carbons (Fsp3) is 0.478. The van der Waals surface area contributed by atoms with Gasteiger partial charge in [-0.25, -0.2) is 9.18 Å². The second-order valence-corrected chi connectivity index (χ2v) is 9.53. The number of nitrogens with one attached hydrogen (secondary N) is 1. The SMILES string of the molecule is CNC(=O)N1CC(F)(c2ccc(C3=NOC(C4=CC(Cl)=CC(C(F)(F)F)C4C)(C(F)(F)F)C3)cc2)C1. The van der Waals surface area contributed by atoms with Crippen LogP contribution in [0.25, 0.3) is 0 Å².